The van der Waals surface area contributed by atoms with E-state index >= 15 is 4.39 Å². The number of amides is 2. The van der Waals surface area contributed by atoms with Gasteiger partial charge in [-0.15, -0.1) is 0 Å². The molecule has 3 aliphatic rings. The molecule has 3 heterocycles. The number of hydrogen-bond acceptors (Lipinski definition) is 5. The molecular formula is C41H43FN6O2. The number of hydrogen-bond donors (Lipinski definition) is 2. The van der Waals surface area contributed by atoms with Gasteiger partial charge >= 0.3 is 0 Å². The molecule has 0 radical (unpaired) electrons. The Morgan fingerprint density at radius 2 is 1.68 bits per heavy atom. The predicted molar refractivity (Wildman–Crippen MR) is 193 cm³/mol. The number of aryl methyl sites for hydroxylation is 1. The minimum Gasteiger partial charge on any atom is -0.382 e. The van der Waals surface area contributed by atoms with E-state index in [-0.39, 0.29) is 29.3 Å². The molecule has 2 amide bonds. The van der Waals surface area contributed by atoms with E-state index in [4.69, 9.17) is 0 Å². The van der Waals surface area contributed by atoms with Crippen LogP contribution in [-0.4, -0.2) is 43.6 Å². The monoisotopic (exact) mass is 670 g/mol. The van der Waals surface area contributed by atoms with Crippen molar-refractivity contribution < 1.29 is 14.0 Å². The molecule has 0 spiro atoms. The third-order valence-corrected chi connectivity index (χ3v) is 11.2. The zero-order chi connectivity index (χ0) is 34.2. The van der Waals surface area contributed by atoms with Gasteiger partial charge in [-0.1, -0.05) is 43.5 Å². The van der Waals surface area contributed by atoms with Gasteiger partial charge in [-0.2, -0.15) is 5.10 Å². The highest BCUT2D eigenvalue weighted by Gasteiger charge is 2.50. The number of fused-ring (bicyclic) bond motifs is 2. The third-order valence-electron chi connectivity index (χ3n) is 11.2. The zero-order valence-electron chi connectivity index (χ0n) is 28.4. The number of anilines is 2. The van der Waals surface area contributed by atoms with Gasteiger partial charge in [0.25, 0.3) is 5.91 Å². The van der Waals surface area contributed by atoms with Gasteiger partial charge in [0.05, 0.1) is 35.8 Å². The number of piperidine rings is 1. The number of benzene rings is 3. The van der Waals surface area contributed by atoms with Crippen LogP contribution >= 0.6 is 0 Å². The average Bonchev–Trinajstić information content (AvgIpc) is 3.90. The van der Waals surface area contributed by atoms with Crippen molar-refractivity contribution in [3.05, 3.63) is 119 Å². The van der Waals surface area contributed by atoms with Crippen LogP contribution in [0.25, 0.3) is 10.9 Å². The second-order valence-corrected chi connectivity index (χ2v) is 14.4. The van der Waals surface area contributed by atoms with E-state index in [1.807, 2.05) is 46.1 Å². The topological polar surface area (TPSA) is 92.2 Å². The summed E-state index contributed by atoms with van der Waals surface area (Å²) >= 11 is 0. The van der Waals surface area contributed by atoms with Crippen LogP contribution in [-0.2, 0) is 11.3 Å². The third kappa shape index (κ3) is 6.25. The lowest BCUT2D eigenvalue weighted by Crippen LogP contribution is -2.54. The Balaban J connectivity index is 1.12. The van der Waals surface area contributed by atoms with Crippen molar-refractivity contribution in [3.63, 3.8) is 0 Å². The molecule has 1 aliphatic heterocycles. The lowest BCUT2D eigenvalue weighted by Gasteiger charge is -2.48. The fourth-order valence-electron chi connectivity index (χ4n) is 8.74. The second-order valence-electron chi connectivity index (χ2n) is 14.4. The van der Waals surface area contributed by atoms with Crippen molar-refractivity contribution in [3.8, 4) is 0 Å². The fraction of sp³-hybridized carbons (Fsp3) is 0.366. The first-order valence-corrected chi connectivity index (χ1v) is 18.0. The van der Waals surface area contributed by atoms with Crippen molar-refractivity contribution in [2.24, 2.45) is 11.8 Å². The highest BCUT2D eigenvalue weighted by atomic mass is 19.1. The highest BCUT2D eigenvalue weighted by Crippen LogP contribution is 2.49. The van der Waals surface area contributed by atoms with E-state index in [0.29, 0.717) is 30.3 Å². The van der Waals surface area contributed by atoms with Gasteiger partial charge in [-0.25, -0.2) is 4.39 Å². The number of likely N-dealkylation sites (tertiary alicyclic amines) is 1. The number of carbonyl (C=O) groups excluding carboxylic acids is 2. The van der Waals surface area contributed by atoms with Gasteiger partial charge in [-0.05, 0) is 110 Å². The summed E-state index contributed by atoms with van der Waals surface area (Å²) in [7, 11) is 0. The molecule has 50 heavy (non-hydrogen) atoms. The molecule has 2 saturated carbocycles. The Morgan fingerprint density at radius 1 is 0.900 bits per heavy atom. The molecule has 8 rings (SSSR count). The molecule has 3 fully saturated rings. The van der Waals surface area contributed by atoms with Crippen molar-refractivity contribution in [2.45, 2.75) is 83.0 Å². The maximum Gasteiger partial charge on any atom is 0.257 e. The summed E-state index contributed by atoms with van der Waals surface area (Å²) in [6.45, 7) is 2.40. The van der Waals surface area contributed by atoms with E-state index in [9.17, 15) is 9.59 Å². The molecular weight excluding hydrogens is 627 g/mol. The molecule has 1 saturated heterocycles. The smallest absolute Gasteiger partial charge is 0.257 e. The Morgan fingerprint density at radius 3 is 2.46 bits per heavy atom. The quantitative estimate of drug-likeness (QED) is 0.173. The van der Waals surface area contributed by atoms with Crippen LogP contribution in [0.5, 0.6) is 0 Å². The minimum atomic E-state index is -0.548. The van der Waals surface area contributed by atoms with Crippen LogP contribution < -0.4 is 10.6 Å². The Kier molecular flexibility index (Phi) is 8.81. The van der Waals surface area contributed by atoms with E-state index in [0.717, 1.165) is 59.8 Å². The number of pyridine rings is 1. The molecule has 2 aromatic heterocycles. The number of rotatable bonds is 8. The summed E-state index contributed by atoms with van der Waals surface area (Å²) in [5, 5.41) is 12.4. The van der Waals surface area contributed by atoms with Crippen LogP contribution in [0.3, 0.4) is 0 Å². The van der Waals surface area contributed by atoms with Crippen molar-refractivity contribution in [1.82, 2.24) is 19.7 Å². The van der Waals surface area contributed by atoms with Crippen LogP contribution in [0.2, 0.25) is 0 Å². The van der Waals surface area contributed by atoms with Crippen LogP contribution in [0.1, 0.15) is 84.5 Å². The summed E-state index contributed by atoms with van der Waals surface area (Å²) in [4.78, 5) is 35.1. The Hall–Kier alpha value is -5.05. The molecule has 5 aromatic rings. The van der Waals surface area contributed by atoms with Crippen molar-refractivity contribution in [1.29, 1.82) is 0 Å². The number of nitrogens with one attached hydrogen (secondary N) is 2. The molecule has 0 unspecified atom stereocenters. The van der Waals surface area contributed by atoms with Crippen molar-refractivity contribution in [2.75, 3.05) is 10.6 Å². The number of nitrogens with zero attached hydrogens (tertiary/aromatic N) is 4. The summed E-state index contributed by atoms with van der Waals surface area (Å²) in [5.74, 6) is -1.36. The molecule has 256 valence electrons. The molecule has 4 atom stereocenters. The van der Waals surface area contributed by atoms with E-state index in [2.05, 4.69) is 45.0 Å². The van der Waals surface area contributed by atoms with Crippen LogP contribution in [0.15, 0.2) is 91.4 Å². The van der Waals surface area contributed by atoms with Gasteiger partial charge in [0.15, 0.2) is 0 Å². The Bertz CT molecular complexity index is 1980. The molecule has 9 heteroatoms. The van der Waals surface area contributed by atoms with E-state index in [1.54, 1.807) is 31.5 Å². The van der Waals surface area contributed by atoms with Gasteiger partial charge < -0.3 is 15.5 Å². The summed E-state index contributed by atoms with van der Waals surface area (Å²) in [6, 6.07) is 22.7. The number of carbonyl (C=O) groups is 2. The van der Waals surface area contributed by atoms with Gasteiger partial charge in [-0.3, -0.25) is 19.3 Å². The Labute approximate surface area is 292 Å². The summed E-state index contributed by atoms with van der Waals surface area (Å²) in [5.41, 5.74) is 5.37. The second kappa shape index (κ2) is 13.7. The standard InChI is InChI=1S/C41H43FN6O2/c1-26-6-4-10-35(42)38(26)41(50)48-37-11-5-7-29(37)23-34(39(48)28-12-14-32(15-13-28)45-31-8-2-3-9-31)40(49)46-33-16-17-36-30(22-33)24-44-47(36)25-27-18-20-43-21-19-27/h4,6,10,12-22,24,29,31,34,37,39,45H,2-3,5,7-9,11,23,25H2,1H3,(H,46,49)/t29-,34+,37-,39+/m1/s1. The summed E-state index contributed by atoms with van der Waals surface area (Å²) in [6.07, 6.45) is 13.6. The summed E-state index contributed by atoms with van der Waals surface area (Å²) < 4.78 is 17.4. The first-order valence-electron chi connectivity index (χ1n) is 18.0. The first kappa shape index (κ1) is 32.2. The first-order chi connectivity index (χ1) is 24.4. The minimum absolute atomic E-state index is 0.0607. The van der Waals surface area contributed by atoms with E-state index in [1.165, 1.54) is 18.9 Å². The maximum atomic E-state index is 15.4. The van der Waals surface area contributed by atoms with Gasteiger partial charge in [0, 0.05) is 41.2 Å². The molecule has 2 N–H and O–H groups in total. The maximum absolute atomic E-state index is 15.4. The predicted octanol–water partition coefficient (Wildman–Crippen LogP) is 8.29. The molecule has 3 aromatic carbocycles. The average molecular weight is 671 g/mol. The number of aromatic nitrogens is 3. The number of halogens is 1. The SMILES string of the molecule is Cc1cccc(F)c1C(=O)N1[C@@H]2CCC[C@@H]2C[C@H](C(=O)Nc2ccc3c(cnn3Cc3ccncc3)c2)[C@@H]1c1ccc(NC2CCCC2)cc1. The molecule has 8 nitrogen and oxygen atoms in total. The highest BCUT2D eigenvalue weighted by molar-refractivity contribution is 5.99. The lowest BCUT2D eigenvalue weighted by atomic mass is 9.76. The lowest BCUT2D eigenvalue weighted by molar-refractivity contribution is -0.125. The fourth-order valence-corrected chi connectivity index (χ4v) is 8.74. The van der Waals surface area contributed by atoms with Gasteiger partial charge in [0.1, 0.15) is 5.82 Å². The van der Waals surface area contributed by atoms with Crippen molar-refractivity contribution >= 4 is 34.1 Å². The largest absolute Gasteiger partial charge is 0.382 e. The molecule has 2 aliphatic carbocycles. The molecule has 0 bridgehead atoms. The van der Waals surface area contributed by atoms with Crippen LogP contribution in [0, 0.1) is 24.6 Å². The normalized spacial score (nSPS) is 22.1. The zero-order valence-corrected chi connectivity index (χ0v) is 28.4. The van der Waals surface area contributed by atoms with E-state index < -0.39 is 17.8 Å². The van der Waals surface area contributed by atoms with Crippen LogP contribution in [0.4, 0.5) is 15.8 Å². The van der Waals surface area contributed by atoms with Gasteiger partial charge in [0.2, 0.25) is 5.91 Å².